The Morgan fingerprint density at radius 3 is 1.17 bits per heavy atom. The molecule has 2 N–H and O–H groups in total. The van der Waals surface area contributed by atoms with E-state index in [9.17, 15) is 28.8 Å². The van der Waals surface area contributed by atoms with Crippen molar-refractivity contribution in [3.8, 4) is 33.6 Å². The van der Waals surface area contributed by atoms with Crippen molar-refractivity contribution in [2.45, 2.75) is 91.4 Å². The fraction of sp³-hybridized carbons (Fsp3) is 0.357. The second-order valence-corrected chi connectivity index (χ2v) is 19.3. The van der Waals surface area contributed by atoms with Crippen LogP contribution in [0.1, 0.15) is 109 Å². The number of likely N-dealkylation sites (tertiary alicyclic amines) is 2. The van der Waals surface area contributed by atoms with E-state index in [1.165, 1.54) is 14.2 Å². The highest BCUT2D eigenvalue weighted by Crippen LogP contribution is 2.38. The topological polar surface area (TPSA) is 187 Å². The van der Waals surface area contributed by atoms with Gasteiger partial charge in [-0.25, -0.2) is 19.6 Å². The molecular formula is C56H62N8O8. The van der Waals surface area contributed by atoms with Crippen LogP contribution in [0.4, 0.5) is 9.59 Å². The molecule has 2 aliphatic heterocycles. The van der Waals surface area contributed by atoms with Gasteiger partial charge in [-0.2, -0.15) is 0 Å². The Morgan fingerprint density at radius 2 is 0.847 bits per heavy atom. The summed E-state index contributed by atoms with van der Waals surface area (Å²) in [6.07, 6.45) is 4.51. The van der Waals surface area contributed by atoms with E-state index in [-0.39, 0.29) is 35.5 Å². The van der Waals surface area contributed by atoms with Gasteiger partial charge >= 0.3 is 12.2 Å². The number of aryl methyl sites for hydroxylation is 2. The van der Waals surface area contributed by atoms with Crippen LogP contribution < -0.4 is 10.6 Å². The first kappa shape index (κ1) is 50.5. The van der Waals surface area contributed by atoms with Crippen LogP contribution >= 0.6 is 0 Å². The number of aromatic nitrogens is 4. The highest BCUT2D eigenvalue weighted by atomic mass is 16.5. The van der Waals surface area contributed by atoms with Crippen molar-refractivity contribution < 1.29 is 38.2 Å². The molecular weight excluding hydrogens is 913 g/mol. The van der Waals surface area contributed by atoms with Crippen LogP contribution in [0.15, 0.2) is 109 Å². The lowest BCUT2D eigenvalue weighted by molar-refractivity contribution is -0.136. The molecule has 4 aromatic carbocycles. The maximum Gasteiger partial charge on any atom is 0.407 e. The summed E-state index contributed by atoms with van der Waals surface area (Å²) in [7, 11) is 2.52. The van der Waals surface area contributed by atoms with Crippen molar-refractivity contribution in [2.75, 3.05) is 27.3 Å². The third kappa shape index (κ3) is 10.3. The smallest absolute Gasteiger partial charge is 0.407 e. The number of nitrogens with one attached hydrogen (secondary N) is 2. The average molecular weight is 975 g/mol. The largest absolute Gasteiger partial charge is 0.453 e. The van der Waals surface area contributed by atoms with Crippen molar-refractivity contribution in [1.29, 1.82) is 0 Å². The molecule has 16 heteroatoms. The van der Waals surface area contributed by atoms with Gasteiger partial charge in [0.2, 0.25) is 11.8 Å². The quantitative estimate of drug-likeness (QED) is 0.113. The lowest BCUT2D eigenvalue weighted by atomic mass is 10.0. The predicted molar refractivity (Wildman–Crippen MR) is 272 cm³/mol. The summed E-state index contributed by atoms with van der Waals surface area (Å²) in [6, 6.07) is 27.7. The lowest BCUT2D eigenvalue weighted by Crippen LogP contribution is -2.51. The molecule has 0 aliphatic carbocycles. The normalized spacial score (nSPS) is 16.4. The number of amides is 4. The van der Waals surface area contributed by atoms with E-state index in [0.717, 1.165) is 33.4 Å². The zero-order valence-electron chi connectivity index (χ0n) is 42.0. The number of alkyl carbamates (subject to hydrolysis) is 2. The molecule has 0 spiro atoms. The molecule has 0 saturated carbocycles. The third-order valence-electron chi connectivity index (χ3n) is 13.7. The third-order valence-corrected chi connectivity index (χ3v) is 13.7. The van der Waals surface area contributed by atoms with Crippen LogP contribution in [0.3, 0.4) is 0 Å². The maximum absolute atomic E-state index is 14.6. The number of imidazole rings is 2. The lowest BCUT2D eigenvalue weighted by Gasteiger charge is -2.30. The van der Waals surface area contributed by atoms with Crippen molar-refractivity contribution >= 4 is 35.8 Å². The number of hydrogen-bond donors (Lipinski definition) is 2. The van der Waals surface area contributed by atoms with Gasteiger partial charge in [0.1, 0.15) is 23.7 Å². The van der Waals surface area contributed by atoms with Crippen LogP contribution in [-0.4, -0.2) is 104 Å². The summed E-state index contributed by atoms with van der Waals surface area (Å²) >= 11 is 0. The number of ether oxygens (including phenoxy) is 2. The number of hydrogen-bond acceptors (Lipinski definition) is 10. The summed E-state index contributed by atoms with van der Waals surface area (Å²) in [5.74, 6) is -0.680. The van der Waals surface area contributed by atoms with E-state index in [1.54, 1.807) is 55.6 Å². The van der Waals surface area contributed by atoms with Gasteiger partial charge in [-0.05, 0) is 86.8 Å². The van der Waals surface area contributed by atoms with Gasteiger partial charge in [-0.15, -0.1) is 0 Å². The zero-order valence-corrected chi connectivity index (χ0v) is 42.0. The maximum atomic E-state index is 14.6. The minimum atomic E-state index is -0.835. The van der Waals surface area contributed by atoms with E-state index in [0.29, 0.717) is 72.9 Å². The van der Waals surface area contributed by atoms with Crippen molar-refractivity contribution in [3.05, 3.63) is 143 Å². The van der Waals surface area contributed by atoms with Crippen LogP contribution in [0.2, 0.25) is 0 Å². The molecule has 2 saturated heterocycles. The molecule has 6 aromatic rings. The monoisotopic (exact) mass is 974 g/mol. The summed E-state index contributed by atoms with van der Waals surface area (Å²) in [5.41, 5.74) is 7.36. The molecule has 374 valence electrons. The van der Waals surface area contributed by atoms with Gasteiger partial charge < -0.3 is 29.9 Å². The first-order chi connectivity index (χ1) is 34.6. The van der Waals surface area contributed by atoms with Gasteiger partial charge in [0, 0.05) is 35.3 Å². The zero-order chi connectivity index (χ0) is 51.4. The van der Waals surface area contributed by atoms with Crippen LogP contribution in [0.25, 0.3) is 33.6 Å². The summed E-state index contributed by atoms with van der Waals surface area (Å²) < 4.78 is 12.9. The van der Waals surface area contributed by atoms with Crippen molar-refractivity contribution in [1.82, 2.24) is 39.5 Å². The Labute approximate surface area is 419 Å². The average Bonchev–Trinajstić information content (AvgIpc) is 4.23. The number of methoxy groups -OCH3 is 2. The second kappa shape index (κ2) is 21.6. The van der Waals surface area contributed by atoms with Crippen LogP contribution in [-0.2, 0) is 19.1 Å². The standard InChI is InChI=1S/C56H62N8O8/c1-33(2)47(59-55(69)71-7)53(67)61-29-9-11-43(61)49-57-31-45(63(49)51(65)41-17-13-35(5)14-18-41)39-25-21-37(22-26-39)38-23-27-40(28-24-38)46-32-58-50(64(46)52(66)42-19-15-36(6)16-20-42)44-12-10-30-62(44)54(68)48(34(3)4)60-56(70)72-8/h13-28,31-34,43-44,47-48H,9-12,29-30H2,1-8H3,(H,59,69)(H,60,70)/t43-,44-,47-,48-/m0/s1. The molecule has 0 bridgehead atoms. The molecule has 4 heterocycles. The Kier molecular flexibility index (Phi) is 15.2. The van der Waals surface area contributed by atoms with E-state index >= 15 is 0 Å². The predicted octanol–water partition coefficient (Wildman–Crippen LogP) is 9.16. The second-order valence-electron chi connectivity index (χ2n) is 19.3. The highest BCUT2D eigenvalue weighted by molar-refractivity contribution is 6.00. The SMILES string of the molecule is COC(=O)N[C@H](C(=O)N1CCC[C@H]1c1ncc(-c2ccc(-c3ccc(-c4cnc([C@@H]5CCCN5C(=O)[C@@H](NC(=O)OC)C(C)C)n4C(=O)c4ccc(C)cc4)cc3)cc2)n1C(=O)c1ccc(C)cc1)C(C)C. The van der Waals surface area contributed by atoms with E-state index in [4.69, 9.17) is 19.4 Å². The molecule has 2 aromatic heterocycles. The molecule has 2 aliphatic rings. The summed E-state index contributed by atoms with van der Waals surface area (Å²) in [5, 5.41) is 5.40. The Hall–Kier alpha value is -7.88. The first-order valence-electron chi connectivity index (χ1n) is 24.5. The van der Waals surface area contributed by atoms with Gasteiger partial charge in [0.05, 0.1) is 50.1 Å². The number of benzene rings is 4. The van der Waals surface area contributed by atoms with Gasteiger partial charge in [0.15, 0.2) is 0 Å². The minimum Gasteiger partial charge on any atom is -0.453 e. The first-order valence-corrected chi connectivity index (χ1v) is 24.5. The Bertz CT molecular complexity index is 2760. The number of carbonyl (C=O) groups is 6. The number of carbonyl (C=O) groups excluding carboxylic acids is 6. The van der Waals surface area contributed by atoms with Crippen molar-refractivity contribution in [2.24, 2.45) is 11.8 Å². The molecule has 0 unspecified atom stereocenters. The van der Waals surface area contributed by atoms with Crippen LogP contribution in [0.5, 0.6) is 0 Å². The fourth-order valence-corrected chi connectivity index (χ4v) is 9.71. The number of rotatable bonds is 13. The van der Waals surface area contributed by atoms with E-state index in [2.05, 4.69) is 10.6 Å². The summed E-state index contributed by atoms with van der Waals surface area (Å²) in [4.78, 5) is 95.1. The van der Waals surface area contributed by atoms with Gasteiger partial charge in [-0.3, -0.25) is 28.3 Å². The molecule has 0 radical (unpaired) electrons. The van der Waals surface area contributed by atoms with Crippen LogP contribution in [0, 0.1) is 25.7 Å². The number of nitrogens with zero attached hydrogens (tertiary/aromatic N) is 6. The minimum absolute atomic E-state index is 0.226. The molecule has 4 atom stereocenters. The van der Waals surface area contributed by atoms with E-state index < -0.39 is 36.4 Å². The summed E-state index contributed by atoms with van der Waals surface area (Å²) in [6.45, 7) is 12.2. The Balaban J connectivity index is 1.11. The van der Waals surface area contributed by atoms with Gasteiger partial charge in [0.25, 0.3) is 11.8 Å². The molecule has 4 amide bonds. The van der Waals surface area contributed by atoms with Gasteiger partial charge in [-0.1, -0.05) is 112 Å². The molecule has 72 heavy (non-hydrogen) atoms. The Morgan fingerprint density at radius 1 is 0.514 bits per heavy atom. The highest BCUT2D eigenvalue weighted by Gasteiger charge is 2.41. The van der Waals surface area contributed by atoms with E-state index in [1.807, 2.05) is 114 Å². The molecule has 8 rings (SSSR count). The fourth-order valence-electron chi connectivity index (χ4n) is 9.71. The molecule has 2 fully saturated rings. The van der Waals surface area contributed by atoms with Crippen molar-refractivity contribution in [3.63, 3.8) is 0 Å². The molecule has 16 nitrogen and oxygen atoms in total.